The van der Waals surface area contributed by atoms with E-state index in [1.165, 1.54) is 0 Å². The number of methoxy groups -OCH3 is 1. The second kappa shape index (κ2) is 10.3. The third-order valence-electron chi connectivity index (χ3n) is 5.97. The van der Waals surface area contributed by atoms with Crippen LogP contribution in [0.2, 0.25) is 0 Å². The van der Waals surface area contributed by atoms with Gasteiger partial charge in [-0.1, -0.05) is 13.8 Å². The maximum absolute atomic E-state index is 13.7. The minimum atomic E-state index is -0.284. The monoisotopic (exact) mass is 444 g/mol. The number of nitrogens with zero attached hydrogens (tertiary/aromatic N) is 4. The number of hydrogen-bond acceptors (Lipinski definition) is 5. The summed E-state index contributed by atoms with van der Waals surface area (Å²) in [6.07, 6.45) is 1.95. The molecule has 1 fully saturated rings. The van der Waals surface area contributed by atoms with Gasteiger partial charge >= 0.3 is 0 Å². The molecule has 1 aliphatic rings. The largest absolute Gasteiger partial charge is 0.385 e. The normalized spacial score (nSPS) is 18.5. The Morgan fingerprint density at radius 3 is 2.69 bits per heavy atom. The summed E-state index contributed by atoms with van der Waals surface area (Å²) in [5.74, 6) is 1.54. The zero-order valence-electron chi connectivity index (χ0n) is 20.1. The summed E-state index contributed by atoms with van der Waals surface area (Å²) in [7, 11) is 1.69. The molecule has 3 rings (SSSR count). The van der Waals surface area contributed by atoms with Gasteiger partial charge in [0.25, 0.3) is 5.91 Å². The Balaban J connectivity index is 1.83. The standard InChI is InChI=1S/C23H36N6O3/c1-14(2)10-21(30)25-18-12-20(22-24-17(5)26-27-22)29(13-18)23(31)19-11-15(3)28(16(19)4)8-7-9-32-6/h11,14,18,20H,7-10,12-13H2,1-6H3,(H,25,30)(H,24,26,27)/t18-,20-/m0/s1. The van der Waals surface area contributed by atoms with Crippen molar-refractivity contribution in [2.45, 2.75) is 72.5 Å². The van der Waals surface area contributed by atoms with E-state index in [9.17, 15) is 9.59 Å². The molecule has 2 N–H and O–H groups in total. The van der Waals surface area contributed by atoms with Gasteiger partial charge in [-0.3, -0.25) is 14.7 Å². The Hall–Kier alpha value is -2.68. The van der Waals surface area contributed by atoms with Gasteiger partial charge in [0.05, 0.1) is 11.6 Å². The molecule has 1 saturated heterocycles. The molecule has 2 atom stereocenters. The molecule has 3 heterocycles. The van der Waals surface area contributed by atoms with Crippen LogP contribution in [0.15, 0.2) is 6.07 Å². The first-order chi connectivity index (χ1) is 15.2. The molecule has 9 heteroatoms. The fourth-order valence-electron chi connectivity index (χ4n) is 4.46. The predicted molar refractivity (Wildman–Crippen MR) is 121 cm³/mol. The molecule has 0 aromatic carbocycles. The number of carbonyl (C=O) groups is 2. The van der Waals surface area contributed by atoms with Crippen LogP contribution in [0.25, 0.3) is 0 Å². The van der Waals surface area contributed by atoms with Crippen molar-refractivity contribution < 1.29 is 14.3 Å². The third-order valence-corrected chi connectivity index (χ3v) is 5.97. The van der Waals surface area contributed by atoms with Crippen LogP contribution in [0.1, 0.15) is 72.5 Å². The molecule has 2 amide bonds. The summed E-state index contributed by atoms with van der Waals surface area (Å²) in [6, 6.07) is 1.54. The molecule has 0 aliphatic carbocycles. The lowest BCUT2D eigenvalue weighted by molar-refractivity contribution is -0.122. The van der Waals surface area contributed by atoms with Crippen LogP contribution in [0.5, 0.6) is 0 Å². The fourth-order valence-corrected chi connectivity index (χ4v) is 4.46. The van der Waals surface area contributed by atoms with E-state index in [2.05, 4.69) is 25.1 Å². The predicted octanol–water partition coefficient (Wildman–Crippen LogP) is 2.69. The van der Waals surface area contributed by atoms with Crippen LogP contribution in [-0.4, -0.2) is 62.8 Å². The number of ether oxygens (including phenoxy) is 1. The molecule has 0 spiro atoms. The number of likely N-dealkylation sites (tertiary alicyclic amines) is 1. The maximum Gasteiger partial charge on any atom is 0.256 e. The van der Waals surface area contributed by atoms with Crippen molar-refractivity contribution in [1.29, 1.82) is 0 Å². The SMILES string of the molecule is COCCCn1c(C)cc(C(=O)N2C[C@@H](NC(=O)CC(C)C)C[C@H]2c2n[nH]c(C)n2)c1C. The lowest BCUT2D eigenvalue weighted by Gasteiger charge is -2.22. The van der Waals surface area contributed by atoms with E-state index in [-0.39, 0.29) is 29.8 Å². The molecule has 0 bridgehead atoms. The number of rotatable bonds is 9. The molecule has 0 unspecified atom stereocenters. The number of H-pyrrole nitrogens is 1. The summed E-state index contributed by atoms with van der Waals surface area (Å²) in [4.78, 5) is 32.3. The second-order valence-electron chi connectivity index (χ2n) is 9.13. The molecular formula is C23H36N6O3. The molecule has 2 aromatic heterocycles. The van der Waals surface area contributed by atoms with Crippen molar-refractivity contribution in [1.82, 2.24) is 30.0 Å². The minimum absolute atomic E-state index is 0.0144. The van der Waals surface area contributed by atoms with Crippen molar-refractivity contribution in [2.24, 2.45) is 5.92 Å². The van der Waals surface area contributed by atoms with Crippen molar-refractivity contribution in [3.8, 4) is 0 Å². The quantitative estimate of drug-likeness (QED) is 0.579. The van der Waals surface area contributed by atoms with Gasteiger partial charge < -0.3 is 19.5 Å². The van der Waals surface area contributed by atoms with Gasteiger partial charge in [0.2, 0.25) is 5.91 Å². The number of aromatic amines is 1. The molecular weight excluding hydrogens is 408 g/mol. The Labute approximate surface area is 189 Å². The highest BCUT2D eigenvalue weighted by atomic mass is 16.5. The highest BCUT2D eigenvalue weighted by molar-refractivity contribution is 5.96. The summed E-state index contributed by atoms with van der Waals surface area (Å²) in [5.41, 5.74) is 2.68. The van der Waals surface area contributed by atoms with Crippen molar-refractivity contribution in [3.63, 3.8) is 0 Å². The van der Waals surface area contributed by atoms with Gasteiger partial charge in [-0.05, 0) is 45.6 Å². The zero-order chi connectivity index (χ0) is 23.4. The van der Waals surface area contributed by atoms with E-state index in [0.29, 0.717) is 43.2 Å². The Morgan fingerprint density at radius 2 is 2.06 bits per heavy atom. The van der Waals surface area contributed by atoms with E-state index in [1.807, 2.05) is 45.6 Å². The van der Waals surface area contributed by atoms with Gasteiger partial charge in [0.15, 0.2) is 5.82 Å². The van der Waals surface area contributed by atoms with Crippen molar-refractivity contribution >= 4 is 11.8 Å². The van der Waals surface area contributed by atoms with Gasteiger partial charge in [-0.25, -0.2) is 4.98 Å². The lowest BCUT2D eigenvalue weighted by atomic mass is 10.1. The van der Waals surface area contributed by atoms with Gasteiger partial charge in [-0.2, -0.15) is 5.10 Å². The van der Waals surface area contributed by atoms with Gasteiger partial charge in [-0.15, -0.1) is 0 Å². The number of carbonyl (C=O) groups excluding carboxylic acids is 2. The molecule has 9 nitrogen and oxygen atoms in total. The topological polar surface area (TPSA) is 105 Å². The number of aryl methyl sites for hydroxylation is 2. The summed E-state index contributed by atoms with van der Waals surface area (Å²) < 4.78 is 7.33. The van der Waals surface area contributed by atoms with E-state index in [1.54, 1.807) is 7.11 Å². The molecule has 0 radical (unpaired) electrons. The Kier molecular flexibility index (Phi) is 7.71. The molecule has 1 aliphatic heterocycles. The molecule has 32 heavy (non-hydrogen) atoms. The first kappa shape index (κ1) is 24.0. The molecule has 0 saturated carbocycles. The number of amides is 2. The second-order valence-corrected chi connectivity index (χ2v) is 9.13. The highest BCUT2D eigenvalue weighted by Crippen LogP contribution is 2.33. The number of aromatic nitrogens is 4. The average Bonchev–Trinajstić information content (AvgIpc) is 3.40. The van der Waals surface area contributed by atoms with E-state index in [0.717, 1.165) is 24.4 Å². The number of nitrogens with one attached hydrogen (secondary N) is 2. The summed E-state index contributed by atoms with van der Waals surface area (Å²) in [5, 5.41) is 10.3. The Bertz CT molecular complexity index is 948. The van der Waals surface area contributed by atoms with Crippen LogP contribution in [-0.2, 0) is 16.1 Å². The summed E-state index contributed by atoms with van der Waals surface area (Å²) in [6.45, 7) is 11.8. The van der Waals surface area contributed by atoms with E-state index >= 15 is 0 Å². The van der Waals surface area contributed by atoms with Gasteiger partial charge in [0, 0.05) is 50.7 Å². The van der Waals surface area contributed by atoms with Crippen LogP contribution < -0.4 is 5.32 Å². The third kappa shape index (κ3) is 5.38. The Morgan fingerprint density at radius 1 is 1.31 bits per heavy atom. The minimum Gasteiger partial charge on any atom is -0.385 e. The molecule has 176 valence electrons. The van der Waals surface area contributed by atoms with Crippen LogP contribution >= 0.6 is 0 Å². The summed E-state index contributed by atoms with van der Waals surface area (Å²) >= 11 is 0. The lowest BCUT2D eigenvalue weighted by Crippen LogP contribution is -2.39. The van der Waals surface area contributed by atoms with E-state index < -0.39 is 0 Å². The van der Waals surface area contributed by atoms with Crippen LogP contribution in [0.4, 0.5) is 0 Å². The molecule has 2 aromatic rings. The maximum atomic E-state index is 13.7. The van der Waals surface area contributed by atoms with Gasteiger partial charge in [0.1, 0.15) is 5.82 Å². The van der Waals surface area contributed by atoms with Crippen LogP contribution in [0, 0.1) is 26.7 Å². The smallest absolute Gasteiger partial charge is 0.256 e. The average molecular weight is 445 g/mol. The van der Waals surface area contributed by atoms with Crippen molar-refractivity contribution in [2.75, 3.05) is 20.3 Å². The number of hydrogen-bond donors (Lipinski definition) is 2. The van der Waals surface area contributed by atoms with E-state index in [4.69, 9.17) is 4.74 Å². The zero-order valence-corrected chi connectivity index (χ0v) is 20.1. The van der Waals surface area contributed by atoms with Crippen LogP contribution in [0.3, 0.4) is 0 Å². The highest BCUT2D eigenvalue weighted by Gasteiger charge is 2.40. The first-order valence-electron chi connectivity index (χ1n) is 11.4. The first-order valence-corrected chi connectivity index (χ1v) is 11.4. The van der Waals surface area contributed by atoms with Crippen molar-refractivity contribution in [3.05, 3.63) is 34.7 Å². The fraction of sp³-hybridized carbons (Fsp3) is 0.652.